The Morgan fingerprint density at radius 2 is 2.06 bits per heavy atom. The van der Waals surface area contributed by atoms with Crippen molar-refractivity contribution in [3.8, 4) is 17.7 Å². The van der Waals surface area contributed by atoms with Crippen molar-refractivity contribution in [1.82, 2.24) is 14.2 Å². The molecule has 3 rings (SSSR count). The quantitative estimate of drug-likeness (QED) is 0.643. The standard InChI is InChI=1S/C24H28FN3O5S/c1-16-13-28(17(2)15-29)24(30)20-11-18(9-10-19-7-5-6-8-21(19)25)12-26-23(20)33-22(16)14-27(3)34(4,31)32/h5-8,11-12,16-17,22,29H,13-15H2,1-4H3/t16-,17-,22+/m1/s1. The number of halogens is 1. The highest BCUT2D eigenvalue weighted by molar-refractivity contribution is 7.88. The fourth-order valence-electron chi connectivity index (χ4n) is 3.48. The second-order valence-corrected chi connectivity index (χ2v) is 10.6. The lowest BCUT2D eigenvalue weighted by Gasteiger charge is -2.37. The first-order valence-corrected chi connectivity index (χ1v) is 12.6. The van der Waals surface area contributed by atoms with E-state index in [1.54, 1.807) is 25.1 Å². The van der Waals surface area contributed by atoms with Crippen LogP contribution in [0.1, 0.15) is 35.3 Å². The van der Waals surface area contributed by atoms with Crippen molar-refractivity contribution >= 4 is 15.9 Å². The Balaban J connectivity index is 2.03. The van der Waals surface area contributed by atoms with Gasteiger partial charge in [-0.1, -0.05) is 30.9 Å². The van der Waals surface area contributed by atoms with Crippen molar-refractivity contribution in [3.05, 3.63) is 59.0 Å². The molecule has 0 saturated carbocycles. The fraction of sp³-hybridized carbons (Fsp3) is 0.417. The lowest BCUT2D eigenvalue weighted by Crippen LogP contribution is -2.50. The highest BCUT2D eigenvalue weighted by atomic mass is 32.2. The van der Waals surface area contributed by atoms with E-state index in [-0.39, 0.29) is 48.5 Å². The topological polar surface area (TPSA) is 100 Å². The van der Waals surface area contributed by atoms with Crippen LogP contribution in [0, 0.1) is 23.6 Å². The number of aliphatic hydroxyl groups is 1. The van der Waals surface area contributed by atoms with Crippen LogP contribution in [0.2, 0.25) is 0 Å². The number of likely N-dealkylation sites (N-methyl/N-ethyl adjacent to an activating group) is 1. The SMILES string of the molecule is C[C@@H]1CN([C@H](C)CO)C(=O)c2cc(C#Cc3ccccc3F)cnc2O[C@H]1CN(C)S(C)(=O)=O. The minimum Gasteiger partial charge on any atom is -0.472 e. The summed E-state index contributed by atoms with van der Waals surface area (Å²) in [6, 6.07) is 7.13. The van der Waals surface area contributed by atoms with E-state index in [1.807, 2.05) is 6.92 Å². The number of rotatable bonds is 5. The average Bonchev–Trinajstić information content (AvgIpc) is 2.79. The normalized spacial score (nSPS) is 19.4. The Bertz CT molecular complexity index is 1220. The Hall–Kier alpha value is -3.00. The third-order valence-corrected chi connectivity index (χ3v) is 7.02. The van der Waals surface area contributed by atoms with Crippen LogP contribution in [0.15, 0.2) is 36.5 Å². The zero-order valence-corrected chi connectivity index (χ0v) is 20.3. The smallest absolute Gasteiger partial charge is 0.259 e. The van der Waals surface area contributed by atoms with Gasteiger partial charge in [-0.25, -0.2) is 22.1 Å². The van der Waals surface area contributed by atoms with E-state index in [0.29, 0.717) is 5.56 Å². The summed E-state index contributed by atoms with van der Waals surface area (Å²) in [6.45, 7) is 3.63. The van der Waals surface area contributed by atoms with Gasteiger partial charge >= 0.3 is 0 Å². The molecule has 1 amide bonds. The van der Waals surface area contributed by atoms with Crippen LogP contribution in [-0.4, -0.2) is 78.8 Å². The molecule has 0 aliphatic carbocycles. The van der Waals surface area contributed by atoms with E-state index in [2.05, 4.69) is 16.8 Å². The molecule has 0 bridgehead atoms. The number of aromatic nitrogens is 1. The number of ether oxygens (including phenoxy) is 1. The number of hydrogen-bond donors (Lipinski definition) is 1. The summed E-state index contributed by atoms with van der Waals surface area (Å²) in [5.74, 6) is 4.52. The van der Waals surface area contributed by atoms with Gasteiger partial charge in [-0.3, -0.25) is 4.79 Å². The summed E-state index contributed by atoms with van der Waals surface area (Å²) in [4.78, 5) is 19.2. The van der Waals surface area contributed by atoms with Gasteiger partial charge in [0.2, 0.25) is 15.9 Å². The van der Waals surface area contributed by atoms with Crippen LogP contribution in [-0.2, 0) is 10.0 Å². The summed E-state index contributed by atoms with van der Waals surface area (Å²) >= 11 is 0. The number of fused-ring (bicyclic) bond motifs is 1. The molecule has 0 unspecified atom stereocenters. The van der Waals surface area contributed by atoms with Crippen molar-refractivity contribution in [2.75, 3.05) is 33.0 Å². The van der Waals surface area contributed by atoms with E-state index in [4.69, 9.17) is 4.74 Å². The van der Waals surface area contributed by atoms with E-state index in [0.717, 1.165) is 6.26 Å². The number of sulfonamides is 1. The molecular weight excluding hydrogens is 461 g/mol. The van der Waals surface area contributed by atoms with Gasteiger partial charge in [-0.2, -0.15) is 0 Å². The zero-order valence-electron chi connectivity index (χ0n) is 19.5. The molecule has 1 N–H and O–H groups in total. The van der Waals surface area contributed by atoms with Gasteiger partial charge in [0.15, 0.2) is 0 Å². The second kappa shape index (κ2) is 10.5. The molecule has 1 aromatic carbocycles. The molecule has 2 aromatic rings. The third kappa shape index (κ3) is 5.91. The first-order chi connectivity index (χ1) is 16.0. The molecule has 1 aliphatic rings. The lowest BCUT2D eigenvalue weighted by atomic mass is 10.0. The summed E-state index contributed by atoms with van der Waals surface area (Å²) < 4.78 is 45.0. The van der Waals surface area contributed by atoms with Crippen LogP contribution in [0.5, 0.6) is 5.88 Å². The van der Waals surface area contributed by atoms with E-state index < -0.39 is 28.0 Å². The molecule has 0 fully saturated rings. The molecule has 34 heavy (non-hydrogen) atoms. The summed E-state index contributed by atoms with van der Waals surface area (Å²) in [5, 5.41) is 9.72. The van der Waals surface area contributed by atoms with Crippen LogP contribution in [0.3, 0.4) is 0 Å². The second-order valence-electron chi connectivity index (χ2n) is 8.47. The van der Waals surface area contributed by atoms with Crippen molar-refractivity contribution in [2.24, 2.45) is 5.92 Å². The number of pyridine rings is 1. The minimum absolute atomic E-state index is 0.0510. The first-order valence-electron chi connectivity index (χ1n) is 10.8. The van der Waals surface area contributed by atoms with E-state index >= 15 is 0 Å². The van der Waals surface area contributed by atoms with Gasteiger partial charge < -0.3 is 14.7 Å². The molecular formula is C24H28FN3O5S. The third-order valence-electron chi connectivity index (χ3n) is 5.74. The minimum atomic E-state index is -3.45. The van der Waals surface area contributed by atoms with Gasteiger partial charge in [-0.05, 0) is 25.1 Å². The molecule has 0 saturated heterocycles. The van der Waals surface area contributed by atoms with Crippen LogP contribution in [0.25, 0.3) is 0 Å². The van der Waals surface area contributed by atoms with E-state index in [9.17, 15) is 22.7 Å². The fourth-order valence-corrected chi connectivity index (χ4v) is 3.90. The lowest BCUT2D eigenvalue weighted by molar-refractivity contribution is 0.0373. The molecule has 3 atom stereocenters. The highest BCUT2D eigenvalue weighted by Gasteiger charge is 2.35. The summed E-state index contributed by atoms with van der Waals surface area (Å²) in [6.07, 6.45) is 1.93. The van der Waals surface area contributed by atoms with Crippen molar-refractivity contribution in [2.45, 2.75) is 26.0 Å². The summed E-state index contributed by atoms with van der Waals surface area (Å²) in [7, 11) is -1.99. The Labute approximate surface area is 199 Å². The Kier molecular flexibility index (Phi) is 7.92. The maximum atomic E-state index is 13.9. The molecule has 0 spiro atoms. The van der Waals surface area contributed by atoms with Crippen LogP contribution < -0.4 is 4.74 Å². The molecule has 1 aromatic heterocycles. The largest absolute Gasteiger partial charge is 0.472 e. The van der Waals surface area contributed by atoms with Gasteiger partial charge in [0.1, 0.15) is 17.5 Å². The zero-order chi connectivity index (χ0) is 25.0. The van der Waals surface area contributed by atoms with Gasteiger partial charge in [-0.15, -0.1) is 0 Å². The maximum Gasteiger partial charge on any atom is 0.259 e. The molecule has 1 aliphatic heterocycles. The Morgan fingerprint density at radius 1 is 1.35 bits per heavy atom. The number of carbonyl (C=O) groups excluding carboxylic acids is 1. The molecule has 0 radical (unpaired) electrons. The highest BCUT2D eigenvalue weighted by Crippen LogP contribution is 2.27. The van der Waals surface area contributed by atoms with Crippen molar-refractivity contribution < 1.29 is 27.4 Å². The van der Waals surface area contributed by atoms with Gasteiger partial charge in [0.25, 0.3) is 5.91 Å². The number of carbonyl (C=O) groups is 1. The molecule has 8 nitrogen and oxygen atoms in total. The van der Waals surface area contributed by atoms with Crippen molar-refractivity contribution in [3.63, 3.8) is 0 Å². The van der Waals surface area contributed by atoms with Crippen LogP contribution >= 0.6 is 0 Å². The predicted octanol–water partition coefficient (Wildman–Crippen LogP) is 1.73. The van der Waals surface area contributed by atoms with Crippen LogP contribution in [0.4, 0.5) is 4.39 Å². The average molecular weight is 490 g/mol. The monoisotopic (exact) mass is 489 g/mol. The number of hydrogen-bond acceptors (Lipinski definition) is 6. The Morgan fingerprint density at radius 3 is 2.71 bits per heavy atom. The van der Waals surface area contributed by atoms with Gasteiger partial charge in [0.05, 0.1) is 31.0 Å². The number of amides is 1. The summed E-state index contributed by atoms with van der Waals surface area (Å²) in [5.41, 5.74) is 0.735. The molecule has 2 heterocycles. The number of nitrogens with zero attached hydrogens (tertiary/aromatic N) is 3. The first kappa shape index (κ1) is 25.6. The molecule has 182 valence electrons. The van der Waals surface area contributed by atoms with Gasteiger partial charge in [0, 0.05) is 31.3 Å². The number of benzene rings is 1. The van der Waals surface area contributed by atoms with Crippen molar-refractivity contribution in [1.29, 1.82) is 0 Å². The number of aliphatic hydroxyl groups excluding tert-OH is 1. The predicted molar refractivity (Wildman–Crippen MR) is 125 cm³/mol. The van der Waals surface area contributed by atoms with E-state index in [1.165, 1.54) is 34.6 Å². The maximum absolute atomic E-state index is 13.9. The molecule has 10 heteroatoms.